The van der Waals surface area contributed by atoms with Crippen LogP contribution in [0.25, 0.3) is 11.0 Å². The average Bonchev–Trinajstić information content (AvgIpc) is 3.17. The van der Waals surface area contributed by atoms with Gasteiger partial charge in [0.25, 0.3) is 0 Å². The molecule has 5 nitrogen and oxygen atoms in total. The van der Waals surface area contributed by atoms with Crippen molar-refractivity contribution in [2.45, 2.75) is 12.5 Å². The van der Waals surface area contributed by atoms with Crippen LogP contribution in [0.4, 0.5) is 0 Å². The number of carbonyl (C=O) groups is 1. The van der Waals surface area contributed by atoms with E-state index in [1.165, 1.54) is 0 Å². The number of ether oxygens (including phenoxy) is 1. The number of aromatic amines is 1. The van der Waals surface area contributed by atoms with Gasteiger partial charge in [0.2, 0.25) is 5.91 Å². The molecule has 1 aliphatic rings. The van der Waals surface area contributed by atoms with Gasteiger partial charge in [0.05, 0.1) is 17.6 Å². The first-order valence-electron chi connectivity index (χ1n) is 7.63. The molecular formula is C18H17N3O2. The molecule has 116 valence electrons. The molecule has 0 saturated heterocycles. The molecule has 2 aromatic carbocycles. The summed E-state index contributed by atoms with van der Waals surface area (Å²) in [6, 6.07) is 15.6. The van der Waals surface area contributed by atoms with Crippen LogP contribution in [-0.4, -0.2) is 34.4 Å². The number of aromatic nitrogens is 2. The van der Waals surface area contributed by atoms with E-state index in [0.717, 1.165) is 28.2 Å². The maximum absolute atomic E-state index is 12.7. The molecule has 1 N–H and O–H groups in total. The molecule has 0 saturated carbocycles. The van der Waals surface area contributed by atoms with E-state index in [-0.39, 0.29) is 11.8 Å². The summed E-state index contributed by atoms with van der Waals surface area (Å²) in [5.74, 6) is 1.41. The van der Waals surface area contributed by atoms with Gasteiger partial charge < -0.3 is 14.6 Å². The van der Waals surface area contributed by atoms with Crippen LogP contribution >= 0.6 is 0 Å². The Balaban J connectivity index is 1.53. The number of hydrogen-bond acceptors (Lipinski definition) is 3. The molecule has 0 spiro atoms. The zero-order chi connectivity index (χ0) is 15.8. The minimum Gasteiger partial charge on any atom is -0.492 e. The van der Waals surface area contributed by atoms with Crippen molar-refractivity contribution in [3.8, 4) is 5.75 Å². The highest BCUT2D eigenvalue weighted by Crippen LogP contribution is 2.34. The first kappa shape index (κ1) is 13.8. The average molecular weight is 307 g/mol. The quantitative estimate of drug-likeness (QED) is 0.809. The van der Waals surface area contributed by atoms with Crippen molar-refractivity contribution in [2.75, 3.05) is 13.7 Å². The van der Waals surface area contributed by atoms with Crippen molar-refractivity contribution in [1.82, 2.24) is 14.9 Å². The molecule has 23 heavy (non-hydrogen) atoms. The van der Waals surface area contributed by atoms with Gasteiger partial charge in [-0.1, -0.05) is 30.3 Å². The third kappa shape index (κ3) is 2.44. The number of para-hydroxylation sites is 3. The van der Waals surface area contributed by atoms with Crippen molar-refractivity contribution in [2.24, 2.45) is 0 Å². The Labute approximate surface area is 133 Å². The molecule has 1 amide bonds. The number of benzene rings is 2. The largest absolute Gasteiger partial charge is 0.492 e. The predicted molar refractivity (Wildman–Crippen MR) is 87.2 cm³/mol. The highest BCUT2D eigenvalue weighted by molar-refractivity contribution is 5.85. The van der Waals surface area contributed by atoms with Crippen LogP contribution in [0.5, 0.6) is 5.75 Å². The van der Waals surface area contributed by atoms with Crippen LogP contribution in [-0.2, 0) is 11.3 Å². The molecular weight excluding hydrogens is 290 g/mol. The van der Waals surface area contributed by atoms with Gasteiger partial charge in [0, 0.05) is 12.6 Å². The summed E-state index contributed by atoms with van der Waals surface area (Å²) >= 11 is 0. The van der Waals surface area contributed by atoms with E-state index >= 15 is 0 Å². The molecule has 1 aliphatic heterocycles. The second-order valence-electron chi connectivity index (χ2n) is 5.80. The lowest BCUT2D eigenvalue weighted by molar-refractivity contribution is -0.132. The normalized spacial score (nSPS) is 16.1. The number of rotatable bonds is 3. The highest BCUT2D eigenvalue weighted by Gasteiger charge is 2.32. The number of likely N-dealkylation sites (N-methyl/N-ethyl adjacent to an activating group) is 1. The first-order valence-corrected chi connectivity index (χ1v) is 7.63. The minimum atomic E-state index is -0.236. The van der Waals surface area contributed by atoms with E-state index in [0.29, 0.717) is 13.2 Å². The van der Waals surface area contributed by atoms with Crippen molar-refractivity contribution in [3.05, 3.63) is 59.9 Å². The maximum atomic E-state index is 12.7. The lowest BCUT2D eigenvalue weighted by Gasteiger charge is -2.19. The molecule has 0 aliphatic carbocycles. The van der Waals surface area contributed by atoms with E-state index in [1.807, 2.05) is 48.5 Å². The lowest BCUT2D eigenvalue weighted by Crippen LogP contribution is -2.32. The molecule has 0 fully saturated rings. The number of imidazole rings is 1. The Kier molecular flexibility index (Phi) is 3.26. The topological polar surface area (TPSA) is 58.2 Å². The predicted octanol–water partition coefficient (Wildman–Crippen LogP) is 2.70. The molecule has 0 bridgehead atoms. The number of amides is 1. The van der Waals surface area contributed by atoms with E-state index in [4.69, 9.17) is 4.74 Å². The summed E-state index contributed by atoms with van der Waals surface area (Å²) in [4.78, 5) is 22.2. The summed E-state index contributed by atoms with van der Waals surface area (Å²) < 4.78 is 5.61. The fourth-order valence-corrected chi connectivity index (χ4v) is 3.02. The maximum Gasteiger partial charge on any atom is 0.233 e. The van der Waals surface area contributed by atoms with E-state index in [1.54, 1.807) is 11.9 Å². The monoisotopic (exact) mass is 307 g/mol. The minimum absolute atomic E-state index is 0.0513. The van der Waals surface area contributed by atoms with Crippen LogP contribution in [0, 0.1) is 0 Å². The molecule has 1 aromatic heterocycles. The summed E-state index contributed by atoms with van der Waals surface area (Å²) in [5, 5.41) is 0. The number of carbonyl (C=O) groups excluding carboxylic acids is 1. The Morgan fingerprint density at radius 2 is 2.04 bits per heavy atom. The molecule has 0 radical (unpaired) electrons. The van der Waals surface area contributed by atoms with Gasteiger partial charge in [0.1, 0.15) is 24.1 Å². The van der Waals surface area contributed by atoms with E-state index < -0.39 is 0 Å². The second-order valence-corrected chi connectivity index (χ2v) is 5.80. The summed E-state index contributed by atoms with van der Waals surface area (Å²) in [7, 11) is 1.80. The summed E-state index contributed by atoms with van der Waals surface area (Å²) in [6.45, 7) is 0.856. The number of nitrogens with one attached hydrogen (secondary N) is 1. The Morgan fingerprint density at radius 1 is 1.26 bits per heavy atom. The van der Waals surface area contributed by atoms with E-state index in [2.05, 4.69) is 9.97 Å². The molecule has 0 unspecified atom stereocenters. The fourth-order valence-electron chi connectivity index (χ4n) is 3.02. The number of H-pyrrole nitrogens is 1. The lowest BCUT2D eigenvalue weighted by atomic mass is 10.00. The summed E-state index contributed by atoms with van der Waals surface area (Å²) in [5.41, 5.74) is 2.87. The highest BCUT2D eigenvalue weighted by atomic mass is 16.5. The third-order valence-electron chi connectivity index (χ3n) is 4.20. The molecule has 3 aromatic rings. The van der Waals surface area contributed by atoms with Gasteiger partial charge >= 0.3 is 0 Å². The second kappa shape index (κ2) is 5.43. The first-order chi connectivity index (χ1) is 11.2. The number of nitrogens with zero attached hydrogens (tertiary/aromatic N) is 2. The van der Waals surface area contributed by atoms with Crippen LogP contribution in [0.3, 0.4) is 0 Å². The van der Waals surface area contributed by atoms with Gasteiger partial charge in [-0.05, 0) is 18.2 Å². The molecule has 1 atom stereocenters. The van der Waals surface area contributed by atoms with Gasteiger partial charge in [0.15, 0.2) is 0 Å². The van der Waals surface area contributed by atoms with Crippen molar-refractivity contribution >= 4 is 16.9 Å². The third-order valence-corrected chi connectivity index (χ3v) is 4.20. The standard InChI is InChI=1S/C18H17N3O2/c1-21(10-17-19-14-7-3-4-8-15(14)20-17)18(22)13-11-23-16-9-5-2-6-12(13)16/h2-9,13H,10-11H2,1H3,(H,19,20)/t13-/m1/s1. The van der Waals surface area contributed by atoms with Crippen molar-refractivity contribution in [1.29, 1.82) is 0 Å². The van der Waals surface area contributed by atoms with Gasteiger partial charge in [-0.15, -0.1) is 0 Å². The molecule has 2 heterocycles. The van der Waals surface area contributed by atoms with Gasteiger partial charge in [-0.2, -0.15) is 0 Å². The van der Waals surface area contributed by atoms with Crippen molar-refractivity contribution in [3.63, 3.8) is 0 Å². The van der Waals surface area contributed by atoms with Crippen LogP contribution < -0.4 is 4.74 Å². The molecule has 4 rings (SSSR count). The van der Waals surface area contributed by atoms with Crippen LogP contribution in [0.1, 0.15) is 17.3 Å². The molecule has 5 heteroatoms. The van der Waals surface area contributed by atoms with Crippen molar-refractivity contribution < 1.29 is 9.53 Å². The fraction of sp³-hybridized carbons (Fsp3) is 0.222. The number of hydrogen-bond donors (Lipinski definition) is 1. The van der Waals surface area contributed by atoms with Gasteiger partial charge in [-0.25, -0.2) is 4.98 Å². The Morgan fingerprint density at radius 3 is 2.91 bits per heavy atom. The number of fused-ring (bicyclic) bond motifs is 2. The Bertz CT molecular complexity index is 838. The Hall–Kier alpha value is -2.82. The van der Waals surface area contributed by atoms with Gasteiger partial charge in [-0.3, -0.25) is 4.79 Å². The zero-order valence-corrected chi connectivity index (χ0v) is 12.8. The summed E-state index contributed by atoms with van der Waals surface area (Å²) in [6.07, 6.45) is 0. The van der Waals surface area contributed by atoms with Crippen LogP contribution in [0.15, 0.2) is 48.5 Å². The smallest absolute Gasteiger partial charge is 0.233 e. The zero-order valence-electron chi connectivity index (χ0n) is 12.8. The van der Waals surface area contributed by atoms with Crippen LogP contribution in [0.2, 0.25) is 0 Å². The van der Waals surface area contributed by atoms with E-state index in [9.17, 15) is 4.79 Å². The SMILES string of the molecule is CN(Cc1nc2ccccc2[nH]1)C(=O)[C@@H]1COc2ccccc21.